The van der Waals surface area contributed by atoms with Crippen LogP contribution in [0, 0.1) is 0 Å². The van der Waals surface area contributed by atoms with Crippen LogP contribution in [0.25, 0.3) is 0 Å². The van der Waals surface area contributed by atoms with E-state index in [9.17, 15) is 4.79 Å². The first-order valence-electron chi connectivity index (χ1n) is 4.62. The molecule has 4 heteroatoms. The number of Topliss-reactive ketones (excluding diaryl/α,β-unsaturated/α-hetero) is 1. The third kappa shape index (κ3) is 2.07. The SMILES string of the molecule is CC1CCC(C(=O)c2ccc(Br)s2)O1. The second kappa shape index (κ2) is 4.13. The van der Waals surface area contributed by atoms with Crippen LogP contribution in [0.2, 0.25) is 0 Å². The summed E-state index contributed by atoms with van der Waals surface area (Å²) >= 11 is 4.82. The molecule has 1 aromatic heterocycles. The van der Waals surface area contributed by atoms with Gasteiger partial charge >= 0.3 is 0 Å². The Hall–Kier alpha value is -0.190. The van der Waals surface area contributed by atoms with Crippen molar-refractivity contribution in [3.63, 3.8) is 0 Å². The molecule has 76 valence electrons. The smallest absolute Gasteiger partial charge is 0.201 e. The highest BCUT2D eigenvalue weighted by Gasteiger charge is 2.29. The lowest BCUT2D eigenvalue weighted by atomic mass is 10.1. The molecule has 1 fully saturated rings. The van der Waals surface area contributed by atoms with Crippen molar-refractivity contribution in [2.45, 2.75) is 32.0 Å². The predicted octanol–water partition coefficient (Wildman–Crippen LogP) is 3.26. The van der Waals surface area contributed by atoms with E-state index in [2.05, 4.69) is 15.9 Å². The van der Waals surface area contributed by atoms with E-state index in [0.29, 0.717) is 0 Å². The third-order valence-corrected chi connectivity index (χ3v) is 3.98. The fourth-order valence-electron chi connectivity index (χ4n) is 1.60. The Kier molecular flexibility index (Phi) is 3.04. The lowest BCUT2D eigenvalue weighted by Crippen LogP contribution is -2.19. The maximum Gasteiger partial charge on any atom is 0.201 e. The zero-order chi connectivity index (χ0) is 10.1. The molecule has 0 amide bonds. The molecule has 0 spiro atoms. The summed E-state index contributed by atoms with van der Waals surface area (Å²) in [6, 6.07) is 3.75. The first-order chi connectivity index (χ1) is 6.66. The van der Waals surface area contributed by atoms with Crippen molar-refractivity contribution >= 4 is 33.0 Å². The van der Waals surface area contributed by atoms with Gasteiger partial charge < -0.3 is 4.74 Å². The van der Waals surface area contributed by atoms with Crippen molar-refractivity contribution in [1.29, 1.82) is 0 Å². The Morgan fingerprint density at radius 1 is 1.57 bits per heavy atom. The van der Waals surface area contributed by atoms with Crippen LogP contribution in [0.1, 0.15) is 29.4 Å². The van der Waals surface area contributed by atoms with Gasteiger partial charge in [-0.15, -0.1) is 11.3 Å². The van der Waals surface area contributed by atoms with Gasteiger partial charge in [-0.05, 0) is 47.8 Å². The molecule has 1 aliphatic rings. The van der Waals surface area contributed by atoms with Crippen molar-refractivity contribution in [3.8, 4) is 0 Å². The van der Waals surface area contributed by atoms with Crippen LogP contribution in [0.3, 0.4) is 0 Å². The fourth-order valence-corrected chi connectivity index (χ4v) is 2.97. The molecule has 2 nitrogen and oxygen atoms in total. The largest absolute Gasteiger partial charge is 0.367 e. The summed E-state index contributed by atoms with van der Waals surface area (Å²) in [5.41, 5.74) is 0. The summed E-state index contributed by atoms with van der Waals surface area (Å²) in [4.78, 5) is 12.7. The summed E-state index contributed by atoms with van der Waals surface area (Å²) < 4.78 is 6.52. The average molecular weight is 275 g/mol. The lowest BCUT2D eigenvalue weighted by molar-refractivity contribution is 0.0437. The number of halogens is 1. The lowest BCUT2D eigenvalue weighted by Gasteiger charge is -2.07. The number of rotatable bonds is 2. The number of hydrogen-bond donors (Lipinski definition) is 0. The number of ether oxygens (including phenoxy) is 1. The van der Waals surface area contributed by atoms with Crippen LogP contribution in [-0.2, 0) is 4.74 Å². The van der Waals surface area contributed by atoms with Crippen molar-refractivity contribution in [1.82, 2.24) is 0 Å². The molecular formula is C10H11BrO2S. The quantitative estimate of drug-likeness (QED) is 0.774. The Balaban J connectivity index is 2.09. The van der Waals surface area contributed by atoms with Gasteiger partial charge in [-0.3, -0.25) is 4.79 Å². The van der Waals surface area contributed by atoms with Gasteiger partial charge in [0.1, 0.15) is 6.10 Å². The number of carbonyl (C=O) groups is 1. The van der Waals surface area contributed by atoms with E-state index in [-0.39, 0.29) is 18.0 Å². The van der Waals surface area contributed by atoms with Gasteiger partial charge in [-0.25, -0.2) is 0 Å². The first kappa shape index (κ1) is 10.3. The molecule has 0 N–H and O–H groups in total. The summed E-state index contributed by atoms with van der Waals surface area (Å²) in [6.45, 7) is 2.01. The average Bonchev–Trinajstić information content (AvgIpc) is 2.73. The Bertz CT molecular complexity index is 348. The van der Waals surface area contributed by atoms with Crippen molar-refractivity contribution in [3.05, 3.63) is 20.8 Å². The molecule has 0 saturated carbocycles. The first-order valence-corrected chi connectivity index (χ1v) is 6.23. The molecule has 2 rings (SSSR count). The summed E-state index contributed by atoms with van der Waals surface area (Å²) in [6.07, 6.45) is 1.86. The Morgan fingerprint density at radius 3 is 2.86 bits per heavy atom. The van der Waals surface area contributed by atoms with E-state index < -0.39 is 0 Å². The topological polar surface area (TPSA) is 26.3 Å². The molecule has 0 radical (unpaired) electrons. The molecule has 1 aromatic rings. The van der Waals surface area contributed by atoms with E-state index in [1.165, 1.54) is 11.3 Å². The molecule has 2 unspecified atom stereocenters. The van der Waals surface area contributed by atoms with E-state index in [1.54, 1.807) is 0 Å². The summed E-state index contributed by atoms with van der Waals surface area (Å²) in [5.74, 6) is 0.130. The highest BCUT2D eigenvalue weighted by Crippen LogP contribution is 2.27. The highest BCUT2D eigenvalue weighted by molar-refractivity contribution is 9.11. The minimum absolute atomic E-state index is 0.130. The summed E-state index contributed by atoms with van der Waals surface area (Å²) in [5, 5.41) is 0. The molecule has 0 aliphatic carbocycles. The van der Waals surface area contributed by atoms with Gasteiger partial charge in [0.05, 0.1) is 14.8 Å². The van der Waals surface area contributed by atoms with Gasteiger partial charge in [-0.1, -0.05) is 0 Å². The highest BCUT2D eigenvalue weighted by atomic mass is 79.9. The number of carbonyl (C=O) groups excluding carboxylic acids is 1. The van der Waals surface area contributed by atoms with Crippen LogP contribution >= 0.6 is 27.3 Å². The molecule has 14 heavy (non-hydrogen) atoms. The molecule has 1 saturated heterocycles. The van der Waals surface area contributed by atoms with E-state index in [4.69, 9.17) is 4.74 Å². The molecule has 2 heterocycles. The van der Waals surface area contributed by atoms with Crippen LogP contribution in [0.15, 0.2) is 15.9 Å². The Morgan fingerprint density at radius 2 is 2.36 bits per heavy atom. The number of hydrogen-bond acceptors (Lipinski definition) is 3. The molecule has 1 aliphatic heterocycles. The maximum absolute atomic E-state index is 11.9. The van der Waals surface area contributed by atoms with Crippen LogP contribution in [0.4, 0.5) is 0 Å². The molecule has 0 aromatic carbocycles. The van der Waals surface area contributed by atoms with Crippen molar-refractivity contribution < 1.29 is 9.53 Å². The number of ketones is 1. The minimum atomic E-state index is -0.212. The molecule has 0 bridgehead atoms. The monoisotopic (exact) mass is 274 g/mol. The van der Waals surface area contributed by atoms with Crippen LogP contribution < -0.4 is 0 Å². The predicted molar refractivity (Wildman–Crippen MR) is 59.9 cm³/mol. The Labute approximate surface area is 95.4 Å². The molecule has 2 atom stereocenters. The van der Waals surface area contributed by atoms with Gasteiger partial charge in [0.25, 0.3) is 0 Å². The van der Waals surface area contributed by atoms with Gasteiger partial charge in [0.2, 0.25) is 5.78 Å². The second-order valence-electron chi connectivity index (χ2n) is 3.48. The van der Waals surface area contributed by atoms with Crippen LogP contribution in [0.5, 0.6) is 0 Å². The van der Waals surface area contributed by atoms with Crippen LogP contribution in [-0.4, -0.2) is 18.0 Å². The normalized spacial score (nSPS) is 26.7. The maximum atomic E-state index is 11.9. The third-order valence-electron chi connectivity index (χ3n) is 2.34. The van der Waals surface area contributed by atoms with Gasteiger partial charge in [-0.2, -0.15) is 0 Å². The standard InChI is InChI=1S/C10H11BrO2S/c1-6-2-3-7(13-6)10(12)8-4-5-9(11)14-8/h4-7H,2-3H2,1H3. The van der Waals surface area contributed by atoms with Gasteiger partial charge in [0, 0.05) is 0 Å². The fraction of sp³-hybridized carbons (Fsp3) is 0.500. The van der Waals surface area contributed by atoms with Crippen molar-refractivity contribution in [2.24, 2.45) is 0 Å². The minimum Gasteiger partial charge on any atom is -0.367 e. The zero-order valence-corrected chi connectivity index (χ0v) is 10.2. The van der Waals surface area contributed by atoms with E-state index in [1.807, 2.05) is 19.1 Å². The van der Waals surface area contributed by atoms with Gasteiger partial charge in [0.15, 0.2) is 0 Å². The van der Waals surface area contributed by atoms with E-state index >= 15 is 0 Å². The van der Waals surface area contributed by atoms with E-state index in [0.717, 1.165) is 21.5 Å². The molecular weight excluding hydrogens is 264 g/mol. The summed E-state index contributed by atoms with van der Waals surface area (Å²) in [7, 11) is 0. The number of thiophene rings is 1. The van der Waals surface area contributed by atoms with Crippen molar-refractivity contribution in [2.75, 3.05) is 0 Å². The zero-order valence-electron chi connectivity index (χ0n) is 7.83. The second-order valence-corrected chi connectivity index (χ2v) is 5.94.